The fourth-order valence-corrected chi connectivity index (χ4v) is 6.04. The highest BCUT2D eigenvalue weighted by atomic mass is 32.1. The molecule has 0 spiro atoms. The second-order valence-electron chi connectivity index (χ2n) is 6.50. The molecule has 3 aromatic rings. The summed E-state index contributed by atoms with van der Waals surface area (Å²) in [5.74, 6) is -0.305. The summed E-state index contributed by atoms with van der Waals surface area (Å²) < 4.78 is 1.45. The number of aromatic nitrogens is 1. The van der Waals surface area contributed by atoms with Crippen LogP contribution in [0.15, 0.2) is 27.7 Å². The highest BCUT2D eigenvalue weighted by molar-refractivity contribution is 7.17. The fourth-order valence-electron chi connectivity index (χ4n) is 3.33. The minimum absolute atomic E-state index is 0.0245. The van der Waals surface area contributed by atoms with Crippen molar-refractivity contribution < 1.29 is 9.59 Å². The van der Waals surface area contributed by atoms with Crippen LogP contribution < -0.4 is 10.2 Å². The van der Waals surface area contributed by atoms with Gasteiger partial charge in [0.2, 0.25) is 11.7 Å². The first-order valence-electron chi connectivity index (χ1n) is 8.72. The van der Waals surface area contributed by atoms with Crippen molar-refractivity contribution in [1.82, 2.24) is 4.57 Å². The molecule has 0 unspecified atom stereocenters. The van der Waals surface area contributed by atoms with E-state index in [0.717, 1.165) is 48.3 Å². The van der Waals surface area contributed by atoms with E-state index < -0.39 is 0 Å². The molecule has 140 valence electrons. The Morgan fingerprint density at radius 3 is 2.74 bits per heavy atom. The number of amides is 1. The Labute approximate surface area is 168 Å². The zero-order valence-electron chi connectivity index (χ0n) is 14.7. The van der Waals surface area contributed by atoms with Crippen molar-refractivity contribution >= 4 is 50.7 Å². The molecule has 0 aliphatic heterocycles. The smallest absolute Gasteiger partial charge is 0.307 e. The summed E-state index contributed by atoms with van der Waals surface area (Å²) in [5.41, 5.74) is 2.49. The molecular formula is C19H18N2O3S3. The fraction of sp³-hybridized carbons (Fsp3) is 0.316. The molecule has 0 saturated carbocycles. The summed E-state index contributed by atoms with van der Waals surface area (Å²) in [6.07, 6.45) is 3.99. The van der Waals surface area contributed by atoms with E-state index in [1.165, 1.54) is 32.1 Å². The monoisotopic (exact) mass is 418 g/mol. The van der Waals surface area contributed by atoms with Gasteiger partial charge in [0.15, 0.2) is 0 Å². The van der Waals surface area contributed by atoms with Gasteiger partial charge in [0, 0.05) is 16.0 Å². The lowest BCUT2D eigenvalue weighted by Gasteiger charge is -2.12. The predicted molar refractivity (Wildman–Crippen MR) is 111 cm³/mol. The maximum atomic E-state index is 13.1. The maximum Gasteiger partial charge on any atom is 0.307 e. The number of anilines is 1. The number of carbonyl (C=O) groups excluding carboxylic acids is 2. The van der Waals surface area contributed by atoms with Crippen LogP contribution in [0.25, 0.3) is 0 Å². The lowest BCUT2D eigenvalue weighted by Crippen LogP contribution is -2.25. The molecule has 0 aromatic carbocycles. The maximum absolute atomic E-state index is 13.1. The number of nitrogens with zero attached hydrogens (tertiary/aromatic N) is 1. The molecule has 3 heterocycles. The lowest BCUT2D eigenvalue weighted by molar-refractivity contribution is -0.116. The van der Waals surface area contributed by atoms with E-state index in [1.807, 2.05) is 17.5 Å². The van der Waals surface area contributed by atoms with Gasteiger partial charge in [-0.05, 0) is 49.6 Å². The largest absolute Gasteiger partial charge is 0.316 e. The van der Waals surface area contributed by atoms with E-state index in [4.69, 9.17) is 0 Å². The molecule has 0 radical (unpaired) electrons. The van der Waals surface area contributed by atoms with Crippen molar-refractivity contribution in [2.75, 3.05) is 5.32 Å². The van der Waals surface area contributed by atoms with E-state index in [0.29, 0.717) is 15.4 Å². The van der Waals surface area contributed by atoms with Gasteiger partial charge in [0.05, 0.1) is 10.4 Å². The number of hydrogen-bond acceptors (Lipinski definition) is 6. The van der Waals surface area contributed by atoms with Gasteiger partial charge in [-0.3, -0.25) is 19.0 Å². The molecule has 1 aliphatic carbocycles. The van der Waals surface area contributed by atoms with Crippen molar-refractivity contribution in [1.29, 1.82) is 0 Å². The van der Waals surface area contributed by atoms with Crippen LogP contribution in [-0.4, -0.2) is 16.3 Å². The standard InChI is InChI=1S/C19H18N2O3S3/c1-11-10-26-19(24)21(11)9-15(22)20-18-16(17(23)14-7-4-8-25-14)12-5-2-3-6-13(12)27-18/h4,7-8,10H,2-3,5-6,9H2,1H3,(H,20,22). The van der Waals surface area contributed by atoms with Crippen LogP contribution >= 0.6 is 34.0 Å². The molecule has 3 aromatic heterocycles. The molecule has 27 heavy (non-hydrogen) atoms. The van der Waals surface area contributed by atoms with Gasteiger partial charge in [-0.1, -0.05) is 17.4 Å². The van der Waals surface area contributed by atoms with Gasteiger partial charge < -0.3 is 5.32 Å². The van der Waals surface area contributed by atoms with Crippen LogP contribution in [0.3, 0.4) is 0 Å². The van der Waals surface area contributed by atoms with E-state index in [1.54, 1.807) is 12.3 Å². The third-order valence-corrected chi connectivity index (χ3v) is 7.63. The van der Waals surface area contributed by atoms with Crippen molar-refractivity contribution in [2.24, 2.45) is 0 Å². The average molecular weight is 419 g/mol. The van der Waals surface area contributed by atoms with Crippen molar-refractivity contribution in [3.05, 3.63) is 59.1 Å². The van der Waals surface area contributed by atoms with Gasteiger partial charge in [0.25, 0.3) is 0 Å². The Balaban J connectivity index is 1.66. The first kappa shape index (κ1) is 18.3. The summed E-state index contributed by atoms with van der Waals surface area (Å²) in [5, 5.41) is 7.15. The number of aryl methyl sites for hydroxylation is 2. The molecule has 4 rings (SSSR count). The first-order valence-corrected chi connectivity index (χ1v) is 11.3. The third kappa shape index (κ3) is 3.56. The number of hydrogen-bond donors (Lipinski definition) is 1. The summed E-state index contributed by atoms with van der Waals surface area (Å²) in [6, 6.07) is 3.68. The van der Waals surface area contributed by atoms with Crippen LogP contribution in [0.5, 0.6) is 0 Å². The van der Waals surface area contributed by atoms with Crippen LogP contribution in [0, 0.1) is 6.92 Å². The van der Waals surface area contributed by atoms with Gasteiger partial charge in [-0.2, -0.15) is 0 Å². The molecular weight excluding hydrogens is 400 g/mol. The summed E-state index contributed by atoms with van der Waals surface area (Å²) in [4.78, 5) is 39.3. The van der Waals surface area contributed by atoms with Crippen molar-refractivity contribution in [3.8, 4) is 0 Å². The van der Waals surface area contributed by atoms with E-state index >= 15 is 0 Å². The SMILES string of the molecule is Cc1csc(=O)n1CC(=O)Nc1sc2c(c1C(=O)c1cccs1)CCCC2. The van der Waals surface area contributed by atoms with Gasteiger partial charge >= 0.3 is 4.87 Å². The number of rotatable bonds is 5. The molecule has 0 bridgehead atoms. The number of fused-ring (bicyclic) bond motifs is 1. The molecule has 0 saturated heterocycles. The Bertz CT molecular complexity index is 1060. The average Bonchev–Trinajstić information content (AvgIpc) is 3.37. The Morgan fingerprint density at radius 1 is 1.22 bits per heavy atom. The second-order valence-corrected chi connectivity index (χ2v) is 9.37. The van der Waals surface area contributed by atoms with Crippen molar-refractivity contribution in [3.63, 3.8) is 0 Å². The minimum atomic E-state index is -0.280. The number of thiazole rings is 1. The Kier molecular flexibility index (Phi) is 5.12. The minimum Gasteiger partial charge on any atom is -0.316 e. The number of ketones is 1. The van der Waals surface area contributed by atoms with E-state index in [-0.39, 0.29) is 23.1 Å². The summed E-state index contributed by atoms with van der Waals surface area (Å²) >= 11 is 4.00. The van der Waals surface area contributed by atoms with Crippen LogP contribution in [0.4, 0.5) is 5.00 Å². The molecule has 1 amide bonds. The molecule has 1 N–H and O–H groups in total. The first-order chi connectivity index (χ1) is 13.0. The zero-order chi connectivity index (χ0) is 19.0. The van der Waals surface area contributed by atoms with Crippen LogP contribution in [0.1, 0.15) is 44.2 Å². The topological polar surface area (TPSA) is 68.2 Å². The quantitative estimate of drug-likeness (QED) is 0.635. The molecule has 1 aliphatic rings. The highest BCUT2D eigenvalue weighted by Crippen LogP contribution is 2.39. The molecule has 5 nitrogen and oxygen atoms in total. The number of nitrogens with one attached hydrogen (secondary N) is 1. The van der Waals surface area contributed by atoms with Crippen LogP contribution in [0.2, 0.25) is 0 Å². The second kappa shape index (κ2) is 7.53. The molecule has 0 atom stereocenters. The van der Waals surface area contributed by atoms with Crippen molar-refractivity contribution in [2.45, 2.75) is 39.2 Å². The molecule has 8 heteroatoms. The van der Waals surface area contributed by atoms with E-state index in [9.17, 15) is 14.4 Å². The summed E-state index contributed by atoms with van der Waals surface area (Å²) in [7, 11) is 0. The third-order valence-electron chi connectivity index (χ3n) is 4.67. The van der Waals surface area contributed by atoms with Gasteiger partial charge in [-0.15, -0.1) is 22.7 Å². The Morgan fingerprint density at radius 2 is 2.04 bits per heavy atom. The zero-order valence-corrected chi connectivity index (χ0v) is 17.2. The highest BCUT2D eigenvalue weighted by Gasteiger charge is 2.27. The number of thiophene rings is 2. The normalized spacial score (nSPS) is 13.4. The predicted octanol–water partition coefficient (Wildman–Crippen LogP) is 4.09. The Hall–Kier alpha value is -2.03. The summed E-state index contributed by atoms with van der Waals surface area (Å²) in [6.45, 7) is 1.77. The lowest BCUT2D eigenvalue weighted by atomic mass is 9.93. The molecule has 0 fully saturated rings. The van der Waals surface area contributed by atoms with Gasteiger partial charge in [-0.25, -0.2) is 0 Å². The van der Waals surface area contributed by atoms with E-state index in [2.05, 4.69) is 5.32 Å². The van der Waals surface area contributed by atoms with Crippen LogP contribution in [-0.2, 0) is 24.2 Å². The number of carbonyl (C=O) groups is 2. The van der Waals surface area contributed by atoms with Gasteiger partial charge in [0.1, 0.15) is 11.5 Å².